The number of rotatable bonds is 4. The molecule has 0 N–H and O–H groups in total. The first-order chi connectivity index (χ1) is 9.83. The molecule has 0 aliphatic carbocycles. The van der Waals surface area contributed by atoms with Gasteiger partial charge in [-0.15, -0.1) is 0 Å². The van der Waals surface area contributed by atoms with E-state index in [1.54, 1.807) is 11.8 Å². The summed E-state index contributed by atoms with van der Waals surface area (Å²) >= 11 is 1.54. The number of amidine groups is 1. The van der Waals surface area contributed by atoms with Gasteiger partial charge in [0.1, 0.15) is 0 Å². The molecule has 0 unspecified atom stereocenters. The Hall–Kier alpha value is -1.33. The standard InChI is InChI=1S/C15H19N3OS/c19-14-12-20-15(16-13-6-2-1-3-7-13)18(14)11-10-17-8-4-5-9-17/h1-3,6-7H,4-5,8-12H2. The zero-order valence-electron chi connectivity index (χ0n) is 11.5. The minimum atomic E-state index is 0.184. The Morgan fingerprint density at radius 1 is 1.10 bits per heavy atom. The molecule has 0 radical (unpaired) electrons. The van der Waals surface area contributed by atoms with Crippen LogP contribution in [-0.4, -0.2) is 52.8 Å². The summed E-state index contributed by atoms with van der Waals surface area (Å²) in [6, 6.07) is 9.84. The maximum Gasteiger partial charge on any atom is 0.239 e. The van der Waals surface area contributed by atoms with Crippen LogP contribution < -0.4 is 0 Å². The third-order valence-electron chi connectivity index (χ3n) is 3.68. The van der Waals surface area contributed by atoms with Crippen molar-refractivity contribution in [1.29, 1.82) is 0 Å². The summed E-state index contributed by atoms with van der Waals surface area (Å²) in [7, 11) is 0. The molecule has 2 fully saturated rings. The van der Waals surface area contributed by atoms with Gasteiger partial charge < -0.3 is 4.90 Å². The number of benzene rings is 1. The molecule has 0 spiro atoms. The Morgan fingerprint density at radius 3 is 2.60 bits per heavy atom. The molecule has 20 heavy (non-hydrogen) atoms. The summed E-state index contributed by atoms with van der Waals surface area (Å²) in [6.07, 6.45) is 2.57. The second-order valence-corrected chi connectivity index (χ2v) is 6.06. The third kappa shape index (κ3) is 3.22. The molecule has 2 aliphatic rings. The van der Waals surface area contributed by atoms with Crippen LogP contribution in [0, 0.1) is 0 Å². The van der Waals surface area contributed by atoms with Crippen molar-refractivity contribution >= 4 is 28.5 Å². The molecule has 4 nitrogen and oxygen atoms in total. The number of amides is 1. The van der Waals surface area contributed by atoms with Crippen LogP contribution in [0.3, 0.4) is 0 Å². The van der Waals surface area contributed by atoms with Crippen LogP contribution >= 0.6 is 11.8 Å². The highest BCUT2D eigenvalue weighted by atomic mass is 32.2. The number of carbonyl (C=O) groups excluding carboxylic acids is 1. The Labute approximate surface area is 123 Å². The first-order valence-electron chi connectivity index (χ1n) is 7.12. The van der Waals surface area contributed by atoms with Gasteiger partial charge in [-0.2, -0.15) is 0 Å². The van der Waals surface area contributed by atoms with E-state index in [1.165, 1.54) is 25.9 Å². The van der Waals surface area contributed by atoms with Crippen LogP contribution in [0.1, 0.15) is 12.8 Å². The summed E-state index contributed by atoms with van der Waals surface area (Å²) in [6.45, 7) is 4.05. The van der Waals surface area contributed by atoms with Crippen molar-refractivity contribution in [3.63, 3.8) is 0 Å². The van der Waals surface area contributed by atoms with Gasteiger partial charge in [-0.05, 0) is 38.1 Å². The van der Waals surface area contributed by atoms with Gasteiger partial charge in [-0.25, -0.2) is 4.99 Å². The molecule has 1 aromatic rings. The molecule has 1 aromatic carbocycles. The Bertz CT molecular complexity index is 497. The fourth-order valence-corrected chi connectivity index (χ4v) is 3.49. The summed E-state index contributed by atoms with van der Waals surface area (Å²) < 4.78 is 0. The second kappa shape index (κ2) is 6.41. The van der Waals surface area contributed by atoms with Crippen molar-refractivity contribution in [2.75, 3.05) is 31.9 Å². The molecule has 106 valence electrons. The average Bonchev–Trinajstić information content (AvgIpc) is 3.09. The van der Waals surface area contributed by atoms with Crippen molar-refractivity contribution in [2.24, 2.45) is 4.99 Å². The highest BCUT2D eigenvalue weighted by molar-refractivity contribution is 8.15. The highest BCUT2D eigenvalue weighted by Crippen LogP contribution is 2.23. The molecule has 2 saturated heterocycles. The first kappa shape index (κ1) is 13.6. The summed E-state index contributed by atoms with van der Waals surface area (Å²) in [5.41, 5.74) is 0.913. The van der Waals surface area contributed by atoms with E-state index in [-0.39, 0.29) is 5.91 Å². The average molecular weight is 289 g/mol. The molecular weight excluding hydrogens is 270 g/mol. The number of hydrogen-bond acceptors (Lipinski definition) is 4. The van der Waals surface area contributed by atoms with E-state index in [4.69, 9.17) is 0 Å². The van der Waals surface area contributed by atoms with Crippen molar-refractivity contribution in [1.82, 2.24) is 9.80 Å². The zero-order valence-corrected chi connectivity index (χ0v) is 12.3. The highest BCUT2D eigenvalue weighted by Gasteiger charge is 2.28. The van der Waals surface area contributed by atoms with Crippen LogP contribution in [0.2, 0.25) is 0 Å². The number of aliphatic imine (C=N–C) groups is 1. The molecule has 0 saturated carbocycles. The quantitative estimate of drug-likeness (QED) is 0.853. The largest absolute Gasteiger partial charge is 0.302 e. The summed E-state index contributed by atoms with van der Waals surface area (Å²) in [4.78, 5) is 20.9. The minimum absolute atomic E-state index is 0.184. The van der Waals surface area contributed by atoms with Gasteiger partial charge in [-0.1, -0.05) is 30.0 Å². The number of thioether (sulfide) groups is 1. The normalized spacial score (nSPS) is 22.1. The fourth-order valence-electron chi connectivity index (χ4n) is 2.56. The predicted molar refractivity (Wildman–Crippen MR) is 83.4 cm³/mol. The molecule has 2 heterocycles. The van der Waals surface area contributed by atoms with Gasteiger partial charge in [0.05, 0.1) is 11.4 Å². The number of carbonyl (C=O) groups is 1. The number of likely N-dealkylation sites (tertiary alicyclic amines) is 1. The number of para-hydroxylation sites is 1. The molecule has 2 aliphatic heterocycles. The van der Waals surface area contributed by atoms with E-state index in [0.29, 0.717) is 5.75 Å². The monoisotopic (exact) mass is 289 g/mol. The van der Waals surface area contributed by atoms with Crippen LogP contribution in [-0.2, 0) is 4.79 Å². The molecule has 1 amide bonds. The SMILES string of the molecule is O=C1CSC(=Nc2ccccc2)N1CCN1CCCC1. The van der Waals surface area contributed by atoms with Crippen molar-refractivity contribution in [2.45, 2.75) is 12.8 Å². The van der Waals surface area contributed by atoms with Crippen molar-refractivity contribution < 1.29 is 4.79 Å². The smallest absolute Gasteiger partial charge is 0.239 e. The summed E-state index contributed by atoms with van der Waals surface area (Å²) in [5.74, 6) is 0.704. The van der Waals surface area contributed by atoms with Gasteiger partial charge in [0.15, 0.2) is 5.17 Å². The molecule has 0 atom stereocenters. The van der Waals surface area contributed by atoms with Crippen LogP contribution in [0.5, 0.6) is 0 Å². The van der Waals surface area contributed by atoms with Gasteiger partial charge in [0.2, 0.25) is 5.91 Å². The van der Waals surface area contributed by atoms with E-state index >= 15 is 0 Å². The van der Waals surface area contributed by atoms with Crippen molar-refractivity contribution in [3.05, 3.63) is 30.3 Å². The Kier molecular flexibility index (Phi) is 4.38. The number of nitrogens with zero attached hydrogens (tertiary/aromatic N) is 3. The molecular formula is C15H19N3OS. The van der Waals surface area contributed by atoms with Crippen LogP contribution in [0.4, 0.5) is 5.69 Å². The van der Waals surface area contributed by atoms with Gasteiger partial charge in [0, 0.05) is 13.1 Å². The zero-order chi connectivity index (χ0) is 13.8. The van der Waals surface area contributed by atoms with E-state index in [9.17, 15) is 4.79 Å². The number of hydrogen-bond donors (Lipinski definition) is 0. The second-order valence-electron chi connectivity index (χ2n) is 5.11. The maximum absolute atomic E-state index is 12.0. The van der Waals surface area contributed by atoms with Gasteiger partial charge in [-0.3, -0.25) is 9.69 Å². The molecule has 5 heteroatoms. The lowest BCUT2D eigenvalue weighted by Crippen LogP contribution is -2.37. The fraction of sp³-hybridized carbons (Fsp3) is 0.467. The molecule has 3 rings (SSSR count). The first-order valence-corrected chi connectivity index (χ1v) is 8.11. The van der Waals surface area contributed by atoms with Crippen molar-refractivity contribution in [3.8, 4) is 0 Å². The summed E-state index contributed by atoms with van der Waals surface area (Å²) in [5, 5.41) is 0.848. The lowest BCUT2D eigenvalue weighted by atomic mass is 10.3. The van der Waals surface area contributed by atoms with Crippen LogP contribution in [0.15, 0.2) is 35.3 Å². The molecule has 0 aromatic heterocycles. The van der Waals surface area contributed by atoms with Crippen LogP contribution in [0.25, 0.3) is 0 Å². The van der Waals surface area contributed by atoms with E-state index in [1.807, 2.05) is 35.2 Å². The Balaban J connectivity index is 1.66. The van der Waals surface area contributed by atoms with E-state index in [2.05, 4.69) is 9.89 Å². The van der Waals surface area contributed by atoms with E-state index < -0.39 is 0 Å². The third-order valence-corrected chi connectivity index (χ3v) is 4.64. The minimum Gasteiger partial charge on any atom is -0.302 e. The van der Waals surface area contributed by atoms with Gasteiger partial charge >= 0.3 is 0 Å². The molecule has 0 bridgehead atoms. The maximum atomic E-state index is 12.0. The van der Waals surface area contributed by atoms with E-state index in [0.717, 1.165) is 23.9 Å². The lowest BCUT2D eigenvalue weighted by molar-refractivity contribution is -0.124. The topological polar surface area (TPSA) is 35.9 Å². The lowest BCUT2D eigenvalue weighted by Gasteiger charge is -2.20. The Morgan fingerprint density at radius 2 is 1.85 bits per heavy atom. The van der Waals surface area contributed by atoms with Gasteiger partial charge in [0.25, 0.3) is 0 Å². The predicted octanol–water partition coefficient (Wildman–Crippen LogP) is 2.35.